The fourth-order valence-electron chi connectivity index (χ4n) is 3.31. The Bertz CT molecular complexity index is 991. The molecule has 1 atom stereocenters. The van der Waals surface area contributed by atoms with Crippen LogP contribution in [0.15, 0.2) is 46.3 Å². The molecule has 1 aliphatic carbocycles. The number of nitrogens with zero attached hydrogens (tertiary/aromatic N) is 3. The van der Waals surface area contributed by atoms with Crippen LogP contribution in [0.4, 0.5) is 13.2 Å². The van der Waals surface area contributed by atoms with Crippen molar-refractivity contribution in [2.75, 3.05) is 6.26 Å². The number of hydrogen-bond acceptors (Lipinski definition) is 4. The maximum absolute atomic E-state index is 13.5. The predicted molar refractivity (Wildman–Crippen MR) is 104 cm³/mol. The van der Waals surface area contributed by atoms with Crippen molar-refractivity contribution in [3.63, 3.8) is 0 Å². The van der Waals surface area contributed by atoms with E-state index in [4.69, 9.17) is 0 Å². The van der Waals surface area contributed by atoms with Crippen LogP contribution < -0.4 is 5.56 Å². The fraction of sp³-hybridized carbons (Fsp3) is 0.350. The fourth-order valence-corrected chi connectivity index (χ4v) is 4.15. The first-order valence-corrected chi connectivity index (χ1v) is 10.1. The topological polar surface area (TPSA) is 58.1 Å². The van der Waals surface area contributed by atoms with Crippen molar-refractivity contribution in [3.05, 3.63) is 57.9 Å². The minimum atomic E-state index is -4.81. The van der Waals surface area contributed by atoms with Gasteiger partial charge >= 0.3 is 6.18 Å². The highest BCUT2D eigenvalue weighted by atomic mass is 32.2. The molecule has 0 amide bonds. The van der Waals surface area contributed by atoms with Gasteiger partial charge in [0, 0.05) is 10.8 Å². The molecular weight excluding hydrogens is 387 g/mol. The van der Waals surface area contributed by atoms with Gasteiger partial charge in [-0.05, 0) is 31.6 Å². The number of nitriles is 1. The lowest BCUT2D eigenvalue weighted by Gasteiger charge is -2.23. The predicted octanol–water partition coefficient (Wildman–Crippen LogP) is 4.92. The van der Waals surface area contributed by atoms with Crippen LogP contribution in [-0.2, 0) is 6.18 Å². The van der Waals surface area contributed by atoms with E-state index in [0.29, 0.717) is 12.0 Å². The summed E-state index contributed by atoms with van der Waals surface area (Å²) in [6.45, 7) is 0. The number of hydrogen-bond donors (Lipinski definition) is 0. The lowest BCUT2D eigenvalue weighted by molar-refractivity contribution is -0.137. The van der Waals surface area contributed by atoms with Crippen molar-refractivity contribution < 1.29 is 13.2 Å². The van der Waals surface area contributed by atoms with Gasteiger partial charge in [-0.15, -0.1) is 0 Å². The molecule has 1 fully saturated rings. The second-order valence-electron chi connectivity index (χ2n) is 6.47. The smallest absolute Gasteiger partial charge is 0.266 e. The van der Waals surface area contributed by atoms with Gasteiger partial charge in [0.1, 0.15) is 11.6 Å². The third-order valence-electron chi connectivity index (χ3n) is 4.71. The average molecular weight is 405 g/mol. The Labute approximate surface area is 164 Å². The molecule has 0 radical (unpaired) electrons. The number of benzene rings is 1. The van der Waals surface area contributed by atoms with Gasteiger partial charge < -0.3 is 0 Å². The summed E-state index contributed by atoms with van der Waals surface area (Å²) >= 11 is 1.61. The number of halogens is 3. The van der Waals surface area contributed by atoms with E-state index in [0.717, 1.165) is 35.7 Å². The first-order valence-electron chi connectivity index (χ1n) is 8.80. The maximum atomic E-state index is 13.5. The largest absolute Gasteiger partial charge is 0.417 e. The molecule has 0 aliphatic heterocycles. The molecule has 1 aliphatic rings. The highest BCUT2D eigenvalue weighted by Crippen LogP contribution is 2.34. The van der Waals surface area contributed by atoms with E-state index in [1.165, 1.54) is 6.07 Å². The Kier molecular flexibility index (Phi) is 5.94. The van der Waals surface area contributed by atoms with Crippen LogP contribution in [0, 0.1) is 11.3 Å². The zero-order valence-electron chi connectivity index (χ0n) is 15.2. The van der Waals surface area contributed by atoms with Gasteiger partial charge in [0.05, 0.1) is 17.0 Å². The Morgan fingerprint density at radius 3 is 2.57 bits per heavy atom. The van der Waals surface area contributed by atoms with E-state index in [9.17, 15) is 23.2 Å². The van der Waals surface area contributed by atoms with E-state index in [1.807, 2.05) is 6.26 Å². The Morgan fingerprint density at radius 2 is 1.96 bits per heavy atom. The van der Waals surface area contributed by atoms with E-state index in [2.05, 4.69) is 5.10 Å². The van der Waals surface area contributed by atoms with Crippen LogP contribution in [0.1, 0.15) is 36.8 Å². The van der Waals surface area contributed by atoms with Crippen LogP contribution in [0.3, 0.4) is 0 Å². The molecule has 1 unspecified atom stereocenters. The van der Waals surface area contributed by atoms with E-state index in [-0.39, 0.29) is 10.9 Å². The molecule has 28 heavy (non-hydrogen) atoms. The molecule has 0 saturated heterocycles. The molecule has 0 bridgehead atoms. The summed E-state index contributed by atoms with van der Waals surface area (Å²) in [7, 11) is 0. The molecule has 0 N–H and O–H groups in total. The number of thioether (sulfide) groups is 1. The number of pyridine rings is 1. The Balaban J connectivity index is 2.32. The third kappa shape index (κ3) is 3.99. The number of aromatic nitrogens is 1. The first kappa shape index (κ1) is 20.2. The highest BCUT2D eigenvalue weighted by molar-refractivity contribution is 7.99. The second kappa shape index (κ2) is 8.23. The van der Waals surface area contributed by atoms with E-state index in [1.54, 1.807) is 42.1 Å². The van der Waals surface area contributed by atoms with Crippen molar-refractivity contribution >= 4 is 17.5 Å². The summed E-state index contributed by atoms with van der Waals surface area (Å²) in [4.78, 5) is 12.9. The molecule has 146 valence electrons. The summed E-state index contributed by atoms with van der Waals surface area (Å²) in [6.07, 6.45) is 0.668. The standard InChI is InChI=1S/C20H18F3N3OS/c1-28-18-10-6-5-9-16(18)25-26-17(13-7-3-2-4-8-13)11-15(20(21,22)23)14(12-24)19(26)27/h2-4,7-8,11,18H,5-6,9-10H2,1H3/b25-16+. The molecule has 1 heterocycles. The molecule has 8 heteroatoms. The molecular formula is C20H18F3N3OS. The normalized spacial score (nSPS) is 18.8. The summed E-state index contributed by atoms with van der Waals surface area (Å²) in [6, 6.07) is 10.6. The first-order chi connectivity index (χ1) is 13.4. The number of alkyl halides is 3. The van der Waals surface area contributed by atoms with Gasteiger partial charge in [0.2, 0.25) is 0 Å². The van der Waals surface area contributed by atoms with Crippen molar-refractivity contribution in [1.82, 2.24) is 4.68 Å². The minimum Gasteiger partial charge on any atom is -0.266 e. The number of rotatable bonds is 3. The monoisotopic (exact) mass is 405 g/mol. The SMILES string of the molecule is CSC1CCCC/C1=N\n1c(-c2ccccc2)cc(C(F)(F)F)c(C#N)c1=O. The second-order valence-corrected chi connectivity index (χ2v) is 7.51. The third-order valence-corrected chi connectivity index (χ3v) is 5.78. The molecule has 0 spiro atoms. The summed E-state index contributed by atoms with van der Waals surface area (Å²) in [5.41, 5.74) is -2.01. The van der Waals surface area contributed by atoms with Gasteiger partial charge in [-0.2, -0.15) is 40.0 Å². The van der Waals surface area contributed by atoms with Crippen LogP contribution in [0.2, 0.25) is 0 Å². The quantitative estimate of drug-likeness (QED) is 0.729. The Hall–Kier alpha value is -2.53. The average Bonchev–Trinajstić information content (AvgIpc) is 2.69. The summed E-state index contributed by atoms with van der Waals surface area (Å²) in [5.74, 6) is 0. The van der Waals surface area contributed by atoms with Crippen LogP contribution in [0.5, 0.6) is 0 Å². The Morgan fingerprint density at radius 1 is 1.25 bits per heavy atom. The van der Waals surface area contributed by atoms with E-state index >= 15 is 0 Å². The van der Waals surface area contributed by atoms with Crippen LogP contribution in [-0.4, -0.2) is 21.9 Å². The van der Waals surface area contributed by atoms with Crippen molar-refractivity contribution in [1.29, 1.82) is 5.26 Å². The van der Waals surface area contributed by atoms with Gasteiger partial charge in [0.25, 0.3) is 5.56 Å². The lowest BCUT2D eigenvalue weighted by atomic mass is 9.98. The maximum Gasteiger partial charge on any atom is 0.417 e. The van der Waals surface area contributed by atoms with Crippen molar-refractivity contribution in [2.45, 2.75) is 37.1 Å². The molecule has 4 nitrogen and oxygen atoms in total. The molecule has 1 aromatic carbocycles. The molecule has 3 rings (SSSR count). The van der Waals surface area contributed by atoms with Crippen LogP contribution in [0.25, 0.3) is 11.3 Å². The molecule has 1 aromatic heterocycles. The molecule has 2 aromatic rings. The zero-order chi connectivity index (χ0) is 20.3. The lowest BCUT2D eigenvalue weighted by Crippen LogP contribution is -2.29. The van der Waals surface area contributed by atoms with Gasteiger partial charge in [-0.25, -0.2) is 0 Å². The van der Waals surface area contributed by atoms with Gasteiger partial charge in [0.15, 0.2) is 0 Å². The summed E-state index contributed by atoms with van der Waals surface area (Å²) < 4.78 is 41.4. The zero-order valence-corrected chi connectivity index (χ0v) is 16.0. The van der Waals surface area contributed by atoms with Gasteiger partial charge in [-0.3, -0.25) is 4.79 Å². The van der Waals surface area contributed by atoms with E-state index < -0.39 is 22.9 Å². The van der Waals surface area contributed by atoms with Crippen molar-refractivity contribution in [2.24, 2.45) is 5.10 Å². The van der Waals surface area contributed by atoms with Crippen molar-refractivity contribution in [3.8, 4) is 17.3 Å². The molecule has 1 saturated carbocycles. The van der Waals surface area contributed by atoms with Gasteiger partial charge in [-0.1, -0.05) is 36.8 Å². The highest BCUT2D eigenvalue weighted by Gasteiger charge is 2.36. The summed E-state index contributed by atoms with van der Waals surface area (Å²) in [5, 5.41) is 13.8. The minimum absolute atomic E-state index is 0.0230. The van der Waals surface area contributed by atoms with Crippen LogP contribution >= 0.6 is 11.8 Å².